The zero-order valence-electron chi connectivity index (χ0n) is 15.9. The molecule has 1 N–H and O–H groups in total. The van der Waals surface area contributed by atoms with Crippen LogP contribution in [0.3, 0.4) is 0 Å². The molecule has 0 amide bonds. The van der Waals surface area contributed by atoms with Crippen molar-refractivity contribution in [1.82, 2.24) is 9.55 Å². The summed E-state index contributed by atoms with van der Waals surface area (Å²) in [5, 5.41) is 0. The van der Waals surface area contributed by atoms with Crippen molar-refractivity contribution in [3.05, 3.63) is 123 Å². The number of rotatable bonds is 5. The number of nitrogens with one attached hydrogen (secondary N) is 1. The quantitative estimate of drug-likeness (QED) is 0.568. The Bertz CT molecular complexity index is 1170. The molecule has 0 bridgehead atoms. The van der Waals surface area contributed by atoms with Crippen molar-refractivity contribution in [2.45, 2.75) is 6.04 Å². The van der Waals surface area contributed by atoms with E-state index < -0.39 is 11.2 Å². The summed E-state index contributed by atoms with van der Waals surface area (Å²) in [6, 6.07) is 26.3. The van der Waals surface area contributed by atoms with E-state index in [9.17, 15) is 9.59 Å². The molecule has 1 heterocycles. The molecule has 0 saturated heterocycles. The molecule has 0 aliphatic carbocycles. The van der Waals surface area contributed by atoms with Gasteiger partial charge in [0.2, 0.25) is 0 Å². The summed E-state index contributed by atoms with van der Waals surface area (Å²) in [7, 11) is 1.59. The van der Waals surface area contributed by atoms with E-state index in [0.717, 1.165) is 11.1 Å². The molecule has 5 heteroatoms. The lowest BCUT2D eigenvalue weighted by atomic mass is 9.98. The molecule has 0 aliphatic heterocycles. The summed E-state index contributed by atoms with van der Waals surface area (Å²) in [6.45, 7) is 0. The number of benzene rings is 3. The van der Waals surface area contributed by atoms with Crippen molar-refractivity contribution in [1.29, 1.82) is 0 Å². The van der Waals surface area contributed by atoms with E-state index in [1.807, 2.05) is 60.7 Å². The van der Waals surface area contributed by atoms with Gasteiger partial charge in [0, 0.05) is 6.20 Å². The third kappa shape index (κ3) is 3.75. The summed E-state index contributed by atoms with van der Waals surface area (Å²) in [5.41, 5.74) is 2.16. The zero-order valence-corrected chi connectivity index (χ0v) is 15.9. The third-order valence-electron chi connectivity index (χ3n) is 4.88. The molecule has 0 unspecified atom stereocenters. The Balaban J connectivity index is 1.91. The largest absolute Gasteiger partial charge is 0.497 e. The zero-order chi connectivity index (χ0) is 20.2. The van der Waals surface area contributed by atoms with Gasteiger partial charge in [-0.1, -0.05) is 72.8 Å². The number of methoxy groups -OCH3 is 1. The van der Waals surface area contributed by atoms with Gasteiger partial charge in [0.25, 0.3) is 5.56 Å². The highest BCUT2D eigenvalue weighted by atomic mass is 16.5. The van der Waals surface area contributed by atoms with Crippen molar-refractivity contribution in [3.63, 3.8) is 0 Å². The van der Waals surface area contributed by atoms with Gasteiger partial charge in [-0.3, -0.25) is 14.3 Å². The fraction of sp³-hybridized carbons (Fsp3) is 0.0833. The Kier molecular flexibility index (Phi) is 5.12. The Morgan fingerprint density at radius 3 is 1.86 bits per heavy atom. The van der Waals surface area contributed by atoms with Crippen LogP contribution < -0.4 is 16.0 Å². The van der Waals surface area contributed by atoms with Gasteiger partial charge in [-0.25, -0.2) is 4.79 Å². The van der Waals surface area contributed by atoms with Crippen LogP contribution in [0.5, 0.6) is 5.75 Å². The Morgan fingerprint density at radius 2 is 1.34 bits per heavy atom. The first kappa shape index (κ1) is 18.5. The second kappa shape index (κ2) is 8.02. The lowest BCUT2D eigenvalue weighted by Gasteiger charge is -2.21. The molecule has 0 radical (unpaired) electrons. The van der Waals surface area contributed by atoms with E-state index in [2.05, 4.69) is 4.98 Å². The van der Waals surface area contributed by atoms with E-state index in [4.69, 9.17) is 4.74 Å². The number of nitrogens with zero attached hydrogens (tertiary/aromatic N) is 1. The first-order valence-electron chi connectivity index (χ1n) is 9.27. The number of aromatic amines is 1. The number of hydrogen-bond acceptors (Lipinski definition) is 3. The number of H-pyrrole nitrogens is 1. The van der Waals surface area contributed by atoms with E-state index >= 15 is 0 Å². The van der Waals surface area contributed by atoms with Crippen LogP contribution in [0.15, 0.2) is 101 Å². The molecular weight excluding hydrogens is 364 g/mol. The first-order valence-corrected chi connectivity index (χ1v) is 9.27. The maximum absolute atomic E-state index is 12.8. The van der Waals surface area contributed by atoms with Crippen LogP contribution in [0.4, 0.5) is 0 Å². The number of ether oxygens (including phenoxy) is 1. The van der Waals surface area contributed by atoms with Crippen LogP contribution in [0, 0.1) is 0 Å². The highest BCUT2D eigenvalue weighted by Gasteiger charge is 2.19. The molecule has 4 rings (SSSR count). The maximum atomic E-state index is 12.8. The van der Waals surface area contributed by atoms with Crippen molar-refractivity contribution >= 4 is 0 Å². The van der Waals surface area contributed by atoms with Gasteiger partial charge in [0.05, 0.1) is 18.7 Å². The second-order valence-corrected chi connectivity index (χ2v) is 6.66. The Hall–Kier alpha value is -3.86. The standard InChI is InChI=1S/C24H20N2O3/c1-29-20-14-12-17(13-15-20)21-16-26(24(28)25-23(21)27)22(18-8-4-2-5-9-18)19-10-6-3-7-11-19/h2-16,22H,1H3,(H,25,27,28). The van der Waals surface area contributed by atoms with Gasteiger partial charge in [-0.2, -0.15) is 0 Å². The fourth-order valence-electron chi connectivity index (χ4n) is 3.44. The second-order valence-electron chi connectivity index (χ2n) is 6.66. The van der Waals surface area contributed by atoms with Gasteiger partial charge in [0.15, 0.2) is 0 Å². The predicted molar refractivity (Wildman–Crippen MR) is 113 cm³/mol. The summed E-state index contributed by atoms with van der Waals surface area (Å²) in [4.78, 5) is 27.8. The molecule has 0 fully saturated rings. The monoisotopic (exact) mass is 384 g/mol. The summed E-state index contributed by atoms with van der Waals surface area (Å²) >= 11 is 0. The molecule has 1 aromatic heterocycles. The smallest absolute Gasteiger partial charge is 0.329 e. The minimum Gasteiger partial charge on any atom is -0.497 e. The maximum Gasteiger partial charge on any atom is 0.329 e. The van der Waals surface area contributed by atoms with Gasteiger partial charge in [-0.05, 0) is 28.8 Å². The van der Waals surface area contributed by atoms with Gasteiger partial charge >= 0.3 is 5.69 Å². The van der Waals surface area contributed by atoms with Crippen molar-refractivity contribution in [2.75, 3.05) is 7.11 Å². The number of hydrogen-bond donors (Lipinski definition) is 1. The van der Waals surface area contributed by atoms with Crippen LogP contribution in [0.1, 0.15) is 17.2 Å². The topological polar surface area (TPSA) is 64.1 Å². The minimum absolute atomic E-state index is 0.362. The van der Waals surface area contributed by atoms with Gasteiger partial charge < -0.3 is 4.74 Å². The highest BCUT2D eigenvalue weighted by molar-refractivity contribution is 5.62. The molecule has 0 spiro atoms. The van der Waals surface area contributed by atoms with E-state index in [1.54, 1.807) is 42.1 Å². The average molecular weight is 384 g/mol. The Morgan fingerprint density at radius 1 is 0.793 bits per heavy atom. The van der Waals surface area contributed by atoms with Crippen LogP contribution in [0.25, 0.3) is 11.1 Å². The van der Waals surface area contributed by atoms with E-state index in [-0.39, 0.29) is 6.04 Å². The van der Waals surface area contributed by atoms with E-state index in [0.29, 0.717) is 16.9 Å². The predicted octanol–water partition coefficient (Wildman–Crippen LogP) is 3.85. The van der Waals surface area contributed by atoms with E-state index in [1.165, 1.54) is 0 Å². The molecular formula is C24H20N2O3. The Labute approximate surface area is 167 Å². The molecule has 0 saturated carbocycles. The fourth-order valence-corrected chi connectivity index (χ4v) is 3.44. The van der Waals surface area contributed by atoms with Gasteiger partial charge in [-0.15, -0.1) is 0 Å². The third-order valence-corrected chi connectivity index (χ3v) is 4.88. The number of aromatic nitrogens is 2. The molecule has 0 atom stereocenters. The summed E-state index contributed by atoms with van der Waals surface area (Å²) < 4.78 is 6.77. The van der Waals surface area contributed by atoms with Gasteiger partial charge in [0.1, 0.15) is 5.75 Å². The molecule has 4 aromatic rings. The summed E-state index contributed by atoms with van der Waals surface area (Å²) in [6.07, 6.45) is 1.63. The highest BCUT2D eigenvalue weighted by Crippen LogP contribution is 2.26. The average Bonchev–Trinajstić information content (AvgIpc) is 2.77. The molecule has 144 valence electrons. The molecule has 0 aliphatic rings. The van der Waals surface area contributed by atoms with Crippen molar-refractivity contribution in [3.8, 4) is 16.9 Å². The van der Waals surface area contributed by atoms with Crippen LogP contribution in [0.2, 0.25) is 0 Å². The molecule has 3 aromatic carbocycles. The molecule has 5 nitrogen and oxygen atoms in total. The van der Waals surface area contributed by atoms with Crippen molar-refractivity contribution < 1.29 is 4.74 Å². The van der Waals surface area contributed by atoms with Crippen molar-refractivity contribution in [2.24, 2.45) is 0 Å². The SMILES string of the molecule is COc1ccc(-c2cn(C(c3ccccc3)c3ccccc3)c(=O)[nH]c2=O)cc1. The van der Waals surface area contributed by atoms with Crippen LogP contribution >= 0.6 is 0 Å². The lowest BCUT2D eigenvalue weighted by Crippen LogP contribution is -2.33. The van der Waals surface area contributed by atoms with Crippen LogP contribution in [-0.4, -0.2) is 16.7 Å². The van der Waals surface area contributed by atoms with Crippen LogP contribution in [-0.2, 0) is 0 Å². The summed E-state index contributed by atoms with van der Waals surface area (Å²) in [5.74, 6) is 0.699. The first-order chi connectivity index (χ1) is 14.2. The molecule has 29 heavy (non-hydrogen) atoms. The minimum atomic E-state index is -0.454. The lowest BCUT2D eigenvalue weighted by molar-refractivity contribution is 0.415. The normalized spacial score (nSPS) is 10.8.